The molecule has 0 aliphatic carbocycles. The third kappa shape index (κ3) is 58.5. The van der Waals surface area contributed by atoms with Gasteiger partial charge in [0.05, 0.1) is 12.5 Å². The van der Waals surface area contributed by atoms with E-state index in [1.165, 1.54) is 172 Å². The molecule has 0 aliphatic rings. The number of hydrogen-bond donors (Lipinski definition) is 1. The molecule has 0 saturated heterocycles. The van der Waals surface area contributed by atoms with Crippen molar-refractivity contribution in [1.29, 1.82) is 0 Å². The smallest absolute Gasteiger partial charge is 0.465 e. The van der Waals surface area contributed by atoms with Gasteiger partial charge in [-0.1, -0.05) is 214 Å². The Balaban J connectivity index is -0.000000413. The summed E-state index contributed by atoms with van der Waals surface area (Å²) >= 11 is 0. The van der Waals surface area contributed by atoms with Gasteiger partial charge < -0.3 is 30.6 Å². The Bertz CT molecular complexity index is 801. The van der Waals surface area contributed by atoms with Crippen LogP contribution in [0.15, 0.2) is 24.3 Å². The average Bonchev–Trinajstić information content (AvgIpc) is 3.22. The molecule has 356 valence electrons. The first kappa shape index (κ1) is 69.6. The van der Waals surface area contributed by atoms with E-state index in [1.807, 2.05) is 0 Å². The Labute approximate surface area is 423 Å². The zero-order chi connectivity index (χ0) is 45.1. The number of carbonyl (C=O) groups excluding carboxylic acids is 1. The molecule has 60 heavy (non-hydrogen) atoms. The van der Waals surface area contributed by atoms with Gasteiger partial charge in [0.15, 0.2) is 0 Å². The number of allylic oxidation sites excluding steroid dienone is 2. The first-order chi connectivity index (χ1) is 28.6. The summed E-state index contributed by atoms with van der Waals surface area (Å²) in [4.78, 5) is 12.6. The zero-order valence-corrected chi connectivity index (χ0v) is 46.1. The van der Waals surface area contributed by atoms with Gasteiger partial charge in [0, 0.05) is 6.61 Å². The molecule has 0 aromatic heterocycles. The molecule has 0 aliphatic heterocycles. The number of aliphatic hydroxyl groups is 1. The summed E-state index contributed by atoms with van der Waals surface area (Å²) in [5.74, 6) is 0.169. The third-order valence-corrected chi connectivity index (χ3v) is 11.6. The molecule has 0 radical (unpaired) electrons. The van der Waals surface area contributed by atoms with Gasteiger partial charge in [-0.25, -0.2) is 0 Å². The first-order valence-electron chi connectivity index (χ1n) is 26.0. The predicted octanol–water partition coefficient (Wildman–Crippen LogP) is 16.3. The van der Waals surface area contributed by atoms with Crippen molar-refractivity contribution < 1.29 is 66.0 Å². The minimum Gasteiger partial charge on any atom is -0.465 e. The summed E-state index contributed by atoms with van der Waals surface area (Å²) in [6.07, 6.45) is 45.6. The average molecular weight is 872 g/mol. The van der Waals surface area contributed by atoms with Gasteiger partial charge in [-0.3, -0.25) is 4.79 Å². The molecule has 0 spiro atoms. The predicted molar refractivity (Wildman–Crippen MR) is 269 cm³/mol. The molecule has 2 atom stereocenters. The second-order valence-electron chi connectivity index (χ2n) is 18.0. The van der Waals surface area contributed by atoms with Gasteiger partial charge in [0.2, 0.25) is 0 Å². The van der Waals surface area contributed by atoms with Crippen LogP contribution in [0.3, 0.4) is 0 Å². The quantitative estimate of drug-likeness (QED) is 0.0219. The van der Waals surface area contributed by atoms with Crippen LogP contribution in [0.2, 0.25) is 0 Å². The molecule has 3 nitrogen and oxygen atoms in total. The van der Waals surface area contributed by atoms with Crippen LogP contribution in [0.5, 0.6) is 0 Å². The van der Waals surface area contributed by atoms with Crippen molar-refractivity contribution in [3.63, 3.8) is 0 Å². The van der Waals surface area contributed by atoms with E-state index in [1.54, 1.807) is 6.92 Å². The number of aliphatic hydroxyl groups excluding tert-OH is 1. The minimum absolute atomic E-state index is 0. The normalized spacial score (nSPS) is 12.0. The van der Waals surface area contributed by atoms with E-state index < -0.39 is 0 Å². The van der Waals surface area contributed by atoms with Crippen molar-refractivity contribution in [2.45, 2.75) is 286 Å². The molecule has 0 heterocycles. The van der Waals surface area contributed by atoms with Gasteiger partial charge >= 0.3 is 57.4 Å². The van der Waals surface area contributed by atoms with Crippen LogP contribution in [0, 0.1) is 32.1 Å². The van der Waals surface area contributed by atoms with Gasteiger partial charge in [-0.2, -0.15) is 19.3 Å². The fourth-order valence-corrected chi connectivity index (χ4v) is 7.32. The summed E-state index contributed by atoms with van der Waals surface area (Å²) < 4.78 is 5.69. The number of hydrogen-bond acceptors (Lipinski definition) is 3. The summed E-state index contributed by atoms with van der Waals surface area (Å²) in [5, 5.41) is 7.57. The van der Waals surface area contributed by atoms with E-state index in [0.717, 1.165) is 77.0 Å². The maximum Gasteiger partial charge on any atom is 1.00 e. The molecular weight excluding hydrogens is 760 g/mol. The van der Waals surface area contributed by atoms with Crippen molar-refractivity contribution in [2.75, 3.05) is 13.2 Å². The molecule has 0 aromatic carbocycles. The molecule has 4 heteroatoms. The molecule has 2 unspecified atom stereocenters. The van der Waals surface area contributed by atoms with Gasteiger partial charge in [-0.05, 0) is 83.0 Å². The third-order valence-electron chi connectivity index (χ3n) is 11.6. The number of carbonyl (C=O) groups is 1. The molecule has 0 amide bonds. The number of unbranched alkanes of at least 4 members (excludes halogenated alkanes) is 21. The standard InChI is InChI=1S/C38H71O2.2C8H17.C2H6O.K/c1-8-12-15-17-20-24-34(5)28-31-38(7,30-11-4)32-29-35(6)25-21-18-19-23-33-40-37(39)36(26-14-10-3)27-22-16-13-9-2;2*1-3-5-7-8-6-4-2;1-2-3;/h36H,4-6,8-33H2,1-3,7H3;2*1,3-8H2,2H3;3H,2H2,1H3;/q3*-1;;+1. The molecule has 0 saturated carbocycles. The summed E-state index contributed by atoms with van der Waals surface area (Å²) in [7, 11) is 0. The molecular formula is C56H111KO3-2. The maximum atomic E-state index is 12.6. The van der Waals surface area contributed by atoms with Crippen LogP contribution in [-0.4, -0.2) is 24.3 Å². The van der Waals surface area contributed by atoms with Crippen molar-refractivity contribution in [1.82, 2.24) is 0 Å². The minimum atomic E-state index is 0. The zero-order valence-electron chi connectivity index (χ0n) is 43.0. The van der Waals surface area contributed by atoms with Gasteiger partial charge in [0.1, 0.15) is 0 Å². The van der Waals surface area contributed by atoms with Crippen LogP contribution >= 0.6 is 0 Å². The molecule has 0 fully saturated rings. The Morgan fingerprint density at radius 1 is 0.500 bits per heavy atom. The fourth-order valence-electron chi connectivity index (χ4n) is 7.32. The summed E-state index contributed by atoms with van der Waals surface area (Å²) in [5.41, 5.74) is 3.20. The molecule has 0 rings (SSSR count). The summed E-state index contributed by atoms with van der Waals surface area (Å²) in [6, 6.07) is 0. The number of rotatable bonds is 40. The van der Waals surface area contributed by atoms with Crippen molar-refractivity contribution in [2.24, 2.45) is 11.3 Å². The topological polar surface area (TPSA) is 46.5 Å². The van der Waals surface area contributed by atoms with E-state index in [9.17, 15) is 4.79 Å². The Morgan fingerprint density at radius 2 is 0.850 bits per heavy atom. The Kier molecular flexibility index (Phi) is 69.1. The monoisotopic (exact) mass is 871 g/mol. The number of esters is 1. The molecule has 0 aromatic rings. The SMILES string of the molecule is C=C(CCCCCCC)CCC(C)(CC[CH2-])CCC(=C)CCCCCCOC(=O)C(CCCC)CCCCCC.CCO.[CH2-]CCCCCCC.[CH2-]CCCCCCC.[K+]. The van der Waals surface area contributed by atoms with E-state index in [0.29, 0.717) is 12.0 Å². The van der Waals surface area contributed by atoms with Crippen LogP contribution in [0.25, 0.3) is 0 Å². The van der Waals surface area contributed by atoms with E-state index in [2.05, 4.69) is 75.5 Å². The van der Waals surface area contributed by atoms with Crippen LogP contribution in [0.4, 0.5) is 0 Å². The second kappa shape index (κ2) is 59.5. The molecule has 1 N–H and O–H groups in total. The first-order valence-corrected chi connectivity index (χ1v) is 26.0. The van der Waals surface area contributed by atoms with E-state index in [-0.39, 0.29) is 69.9 Å². The van der Waals surface area contributed by atoms with Crippen molar-refractivity contribution in [3.05, 3.63) is 45.1 Å². The van der Waals surface area contributed by atoms with E-state index in [4.69, 9.17) is 9.84 Å². The summed E-state index contributed by atoms with van der Waals surface area (Å²) in [6.45, 7) is 36.7. The van der Waals surface area contributed by atoms with Crippen LogP contribution in [-0.2, 0) is 9.53 Å². The fraction of sp³-hybridized carbons (Fsp3) is 0.857. The van der Waals surface area contributed by atoms with Crippen molar-refractivity contribution >= 4 is 5.97 Å². The van der Waals surface area contributed by atoms with Crippen molar-refractivity contribution in [3.8, 4) is 0 Å². The van der Waals surface area contributed by atoms with Crippen LogP contribution in [0.1, 0.15) is 286 Å². The second-order valence-corrected chi connectivity index (χ2v) is 18.0. The number of ether oxygens (including phenoxy) is 1. The Hall–Kier alpha value is 0.546. The van der Waals surface area contributed by atoms with Crippen LogP contribution < -0.4 is 51.4 Å². The van der Waals surface area contributed by atoms with Gasteiger partial charge in [0.25, 0.3) is 0 Å². The largest absolute Gasteiger partial charge is 1.00 e. The maximum absolute atomic E-state index is 12.6. The Morgan fingerprint density at radius 3 is 1.23 bits per heavy atom. The molecule has 0 bridgehead atoms. The van der Waals surface area contributed by atoms with E-state index >= 15 is 0 Å². The van der Waals surface area contributed by atoms with Gasteiger partial charge in [-0.15, -0.1) is 0 Å².